The Hall–Kier alpha value is -2.80. The van der Waals surface area contributed by atoms with E-state index in [0.717, 1.165) is 31.5 Å². The van der Waals surface area contributed by atoms with E-state index in [1.165, 1.54) is 24.3 Å². The average Bonchev–Trinajstić information content (AvgIpc) is 3.21. The van der Waals surface area contributed by atoms with Gasteiger partial charge in [0.2, 0.25) is 5.91 Å². The van der Waals surface area contributed by atoms with Crippen LogP contribution in [0.5, 0.6) is 0 Å². The maximum Gasteiger partial charge on any atom is 0.251 e. The third-order valence-electron chi connectivity index (χ3n) is 4.57. The minimum Gasteiger partial charge on any atom is -0.353 e. The van der Waals surface area contributed by atoms with Crippen molar-refractivity contribution in [1.29, 1.82) is 0 Å². The number of hydrogen-bond donors (Lipinski definition) is 2. The van der Waals surface area contributed by atoms with Crippen LogP contribution in [0.4, 0.5) is 4.39 Å². The fourth-order valence-electron chi connectivity index (χ4n) is 3.23. The molecule has 0 bridgehead atoms. The molecular formula is C20H23FN4O2. The first-order valence-electron chi connectivity index (χ1n) is 9.10. The zero-order valence-corrected chi connectivity index (χ0v) is 15.0. The lowest BCUT2D eigenvalue weighted by Gasteiger charge is -2.26. The maximum atomic E-state index is 12.9. The lowest BCUT2D eigenvalue weighted by atomic mass is 10.1. The highest BCUT2D eigenvalue weighted by molar-refractivity contribution is 5.94. The number of carbonyl (C=O) groups is 2. The van der Waals surface area contributed by atoms with Crippen molar-refractivity contribution in [2.45, 2.75) is 18.9 Å². The summed E-state index contributed by atoms with van der Waals surface area (Å²) in [6, 6.07) is 8.70. The van der Waals surface area contributed by atoms with Gasteiger partial charge in [0.1, 0.15) is 11.9 Å². The van der Waals surface area contributed by atoms with Crippen molar-refractivity contribution in [3.63, 3.8) is 0 Å². The first kappa shape index (κ1) is 19.0. The van der Waals surface area contributed by atoms with Crippen molar-refractivity contribution in [1.82, 2.24) is 20.5 Å². The van der Waals surface area contributed by atoms with Gasteiger partial charge in [0.15, 0.2) is 0 Å². The minimum atomic E-state index is -0.387. The number of rotatable bonds is 7. The van der Waals surface area contributed by atoms with Crippen LogP contribution in [0.3, 0.4) is 0 Å². The predicted molar refractivity (Wildman–Crippen MR) is 99.5 cm³/mol. The van der Waals surface area contributed by atoms with Crippen LogP contribution in [0, 0.1) is 5.82 Å². The number of amides is 2. The molecule has 1 aromatic carbocycles. The van der Waals surface area contributed by atoms with E-state index in [-0.39, 0.29) is 23.7 Å². The first-order chi connectivity index (χ1) is 13.1. The fraction of sp³-hybridized carbons (Fsp3) is 0.350. The molecule has 2 N–H and O–H groups in total. The molecule has 3 rings (SSSR count). The molecule has 7 heteroatoms. The van der Waals surface area contributed by atoms with Crippen LogP contribution in [-0.2, 0) is 4.79 Å². The monoisotopic (exact) mass is 370 g/mol. The van der Waals surface area contributed by atoms with Crippen LogP contribution in [0.1, 0.15) is 34.8 Å². The van der Waals surface area contributed by atoms with Gasteiger partial charge in [-0.15, -0.1) is 0 Å². The molecule has 27 heavy (non-hydrogen) atoms. The lowest BCUT2D eigenvalue weighted by molar-refractivity contribution is -0.126. The number of nitrogens with one attached hydrogen (secondary N) is 2. The molecule has 1 fully saturated rings. The van der Waals surface area contributed by atoms with Gasteiger partial charge in [0.05, 0.1) is 0 Å². The van der Waals surface area contributed by atoms with E-state index < -0.39 is 0 Å². The van der Waals surface area contributed by atoms with Gasteiger partial charge in [-0.05, 0) is 61.8 Å². The standard InChI is InChI=1S/C20H23FN4O2/c21-17-7-5-15(6-8-17)19(26)23-10-11-24-20(27)18(25-12-1-2-13-25)16-4-3-9-22-14-16/h3-9,14,18H,1-2,10-13H2,(H,23,26)(H,24,27)/t18-/m1/s1. The molecule has 0 aliphatic carbocycles. The Morgan fingerprint density at radius 3 is 2.44 bits per heavy atom. The largest absolute Gasteiger partial charge is 0.353 e. The summed E-state index contributed by atoms with van der Waals surface area (Å²) in [6.45, 7) is 2.38. The van der Waals surface area contributed by atoms with Gasteiger partial charge in [-0.1, -0.05) is 6.07 Å². The third kappa shape index (κ3) is 5.10. The summed E-state index contributed by atoms with van der Waals surface area (Å²) in [5.41, 5.74) is 1.25. The second-order valence-corrected chi connectivity index (χ2v) is 6.49. The molecule has 2 heterocycles. The highest BCUT2D eigenvalue weighted by atomic mass is 19.1. The molecular weight excluding hydrogens is 347 g/mol. The SMILES string of the molecule is O=C(NCCNC(=O)[C@@H](c1cccnc1)N1CCCC1)c1ccc(F)cc1. The van der Waals surface area contributed by atoms with E-state index in [0.29, 0.717) is 18.7 Å². The van der Waals surface area contributed by atoms with Crippen LogP contribution >= 0.6 is 0 Å². The quantitative estimate of drug-likeness (QED) is 0.730. The minimum absolute atomic E-state index is 0.0964. The topological polar surface area (TPSA) is 74.3 Å². The molecule has 142 valence electrons. The number of hydrogen-bond acceptors (Lipinski definition) is 4. The summed E-state index contributed by atoms with van der Waals surface area (Å²) in [6.07, 6.45) is 5.57. The van der Waals surface area contributed by atoms with Gasteiger partial charge in [0.25, 0.3) is 5.91 Å². The third-order valence-corrected chi connectivity index (χ3v) is 4.57. The van der Waals surface area contributed by atoms with Crippen molar-refractivity contribution in [3.8, 4) is 0 Å². The molecule has 6 nitrogen and oxygen atoms in total. The number of aromatic nitrogens is 1. The van der Waals surface area contributed by atoms with Gasteiger partial charge in [0, 0.05) is 31.0 Å². The van der Waals surface area contributed by atoms with Crippen LogP contribution in [0.25, 0.3) is 0 Å². The van der Waals surface area contributed by atoms with Crippen molar-refractivity contribution < 1.29 is 14.0 Å². The van der Waals surface area contributed by atoms with E-state index in [4.69, 9.17) is 0 Å². The Balaban J connectivity index is 1.52. The number of carbonyl (C=O) groups excluding carboxylic acids is 2. The summed E-state index contributed by atoms with van der Waals surface area (Å²) in [7, 11) is 0. The van der Waals surface area contributed by atoms with E-state index in [9.17, 15) is 14.0 Å². The Morgan fingerprint density at radius 1 is 1.07 bits per heavy atom. The first-order valence-corrected chi connectivity index (χ1v) is 9.10. The molecule has 0 radical (unpaired) electrons. The maximum absolute atomic E-state index is 12.9. The smallest absolute Gasteiger partial charge is 0.251 e. The molecule has 1 atom stereocenters. The molecule has 0 saturated carbocycles. The highest BCUT2D eigenvalue weighted by Crippen LogP contribution is 2.24. The zero-order chi connectivity index (χ0) is 19.1. The Morgan fingerprint density at radius 2 is 1.78 bits per heavy atom. The Bertz CT molecular complexity index is 761. The van der Waals surface area contributed by atoms with E-state index in [2.05, 4.69) is 20.5 Å². The van der Waals surface area contributed by atoms with Gasteiger partial charge in [-0.2, -0.15) is 0 Å². The average molecular weight is 370 g/mol. The number of halogens is 1. The zero-order valence-electron chi connectivity index (χ0n) is 15.0. The normalized spacial score (nSPS) is 15.3. The van der Waals surface area contributed by atoms with E-state index >= 15 is 0 Å². The summed E-state index contributed by atoms with van der Waals surface area (Å²) < 4.78 is 12.9. The number of nitrogens with zero attached hydrogens (tertiary/aromatic N) is 2. The summed E-state index contributed by atoms with van der Waals surface area (Å²) in [5, 5.41) is 5.61. The van der Waals surface area contributed by atoms with Gasteiger partial charge >= 0.3 is 0 Å². The van der Waals surface area contributed by atoms with Crippen molar-refractivity contribution in [3.05, 3.63) is 65.7 Å². The Kier molecular flexibility index (Phi) is 6.49. The number of likely N-dealkylation sites (tertiary alicyclic amines) is 1. The fourth-order valence-corrected chi connectivity index (χ4v) is 3.23. The van der Waals surface area contributed by atoms with Crippen molar-refractivity contribution in [2.24, 2.45) is 0 Å². The van der Waals surface area contributed by atoms with Gasteiger partial charge in [-0.3, -0.25) is 19.5 Å². The molecule has 2 aromatic rings. The highest BCUT2D eigenvalue weighted by Gasteiger charge is 2.29. The van der Waals surface area contributed by atoms with Crippen molar-refractivity contribution in [2.75, 3.05) is 26.2 Å². The number of benzene rings is 1. The van der Waals surface area contributed by atoms with E-state index in [1.807, 2.05) is 12.1 Å². The summed E-state index contributed by atoms with van der Waals surface area (Å²) in [5.74, 6) is -0.782. The second-order valence-electron chi connectivity index (χ2n) is 6.49. The molecule has 0 unspecified atom stereocenters. The van der Waals surface area contributed by atoms with Gasteiger partial charge in [-0.25, -0.2) is 4.39 Å². The molecule has 1 aromatic heterocycles. The van der Waals surface area contributed by atoms with E-state index in [1.54, 1.807) is 12.4 Å². The van der Waals surface area contributed by atoms with Crippen molar-refractivity contribution >= 4 is 11.8 Å². The predicted octanol–water partition coefficient (Wildman–Crippen LogP) is 1.90. The van der Waals surface area contributed by atoms with Crippen LogP contribution in [-0.4, -0.2) is 47.9 Å². The number of pyridine rings is 1. The van der Waals surface area contributed by atoms with Crippen LogP contribution in [0.2, 0.25) is 0 Å². The lowest BCUT2D eigenvalue weighted by Crippen LogP contribution is -2.42. The molecule has 1 aliphatic rings. The molecule has 1 aliphatic heterocycles. The van der Waals surface area contributed by atoms with Gasteiger partial charge < -0.3 is 10.6 Å². The summed E-state index contributed by atoms with van der Waals surface area (Å²) >= 11 is 0. The second kappa shape index (κ2) is 9.23. The molecule has 0 spiro atoms. The van der Waals surface area contributed by atoms with Crippen LogP contribution < -0.4 is 10.6 Å². The summed E-state index contributed by atoms with van der Waals surface area (Å²) in [4.78, 5) is 31.0. The Labute approximate surface area is 157 Å². The molecule has 1 saturated heterocycles. The van der Waals surface area contributed by atoms with Crippen LogP contribution in [0.15, 0.2) is 48.8 Å². The molecule has 2 amide bonds.